The number of hydrogen-bond acceptors (Lipinski definition) is 5. The van der Waals surface area contributed by atoms with E-state index >= 15 is 0 Å². The van der Waals surface area contributed by atoms with Crippen LogP contribution in [0.4, 0.5) is 0 Å². The lowest BCUT2D eigenvalue weighted by atomic mass is 9.87. The van der Waals surface area contributed by atoms with E-state index in [0.29, 0.717) is 11.3 Å². The number of piperidine rings is 1. The minimum Gasteiger partial charge on any atom is -0.508 e. The second kappa shape index (κ2) is 9.37. The van der Waals surface area contributed by atoms with Crippen LogP contribution in [0, 0.1) is 12.8 Å². The lowest BCUT2D eigenvalue weighted by molar-refractivity contribution is -0.124. The van der Waals surface area contributed by atoms with E-state index in [9.17, 15) is 14.7 Å². The molecule has 3 N–H and O–H groups in total. The summed E-state index contributed by atoms with van der Waals surface area (Å²) in [5, 5.41) is 15.6. The second-order valence-electron chi connectivity index (χ2n) is 7.15. The Bertz CT molecular complexity index is 796. The first-order chi connectivity index (χ1) is 13.5. The number of nitrogens with one attached hydrogen (secondary N) is 2. The first-order valence-electron chi connectivity index (χ1n) is 9.56. The van der Waals surface area contributed by atoms with Gasteiger partial charge in [-0.25, -0.2) is 0 Å². The molecular weight excluding hydrogens is 356 g/mol. The first-order valence-corrected chi connectivity index (χ1v) is 9.56. The summed E-state index contributed by atoms with van der Waals surface area (Å²) in [5.41, 5.74) is 1.52. The van der Waals surface area contributed by atoms with E-state index in [2.05, 4.69) is 10.6 Å². The molecule has 6 nitrogen and oxygen atoms in total. The Kier molecular flexibility index (Phi) is 6.66. The molecule has 0 radical (unpaired) electrons. The highest BCUT2D eigenvalue weighted by atomic mass is 16.5. The fraction of sp³-hybridized carbons (Fsp3) is 0.364. The van der Waals surface area contributed by atoms with Crippen molar-refractivity contribution in [3.63, 3.8) is 0 Å². The zero-order valence-electron chi connectivity index (χ0n) is 16.0. The Morgan fingerprint density at radius 1 is 1.11 bits per heavy atom. The third-order valence-corrected chi connectivity index (χ3v) is 5.02. The van der Waals surface area contributed by atoms with Crippen LogP contribution in [0.5, 0.6) is 11.5 Å². The van der Waals surface area contributed by atoms with E-state index in [4.69, 9.17) is 4.74 Å². The van der Waals surface area contributed by atoms with Crippen LogP contribution in [-0.4, -0.2) is 42.5 Å². The molecule has 1 aliphatic rings. The third-order valence-electron chi connectivity index (χ3n) is 5.02. The van der Waals surface area contributed by atoms with Gasteiger partial charge in [0.15, 0.2) is 5.78 Å². The summed E-state index contributed by atoms with van der Waals surface area (Å²) in [4.78, 5) is 25.5. The first kappa shape index (κ1) is 19.9. The van der Waals surface area contributed by atoms with Crippen LogP contribution in [0.15, 0.2) is 48.5 Å². The van der Waals surface area contributed by atoms with Gasteiger partial charge in [0.1, 0.15) is 18.1 Å². The maximum Gasteiger partial charge on any atom is 0.251 e. The zero-order chi connectivity index (χ0) is 19.9. The van der Waals surface area contributed by atoms with Crippen LogP contribution in [-0.2, 0) is 4.79 Å². The normalized spacial score (nSPS) is 15.6. The van der Waals surface area contributed by atoms with Crippen LogP contribution < -0.4 is 15.4 Å². The summed E-state index contributed by atoms with van der Waals surface area (Å²) in [6.45, 7) is 3.54. The van der Waals surface area contributed by atoms with Crippen molar-refractivity contribution in [2.24, 2.45) is 5.92 Å². The molecule has 0 aromatic heterocycles. The van der Waals surface area contributed by atoms with Gasteiger partial charge in [-0.15, -0.1) is 0 Å². The fourth-order valence-electron chi connectivity index (χ4n) is 3.35. The van der Waals surface area contributed by atoms with Gasteiger partial charge in [-0.05, 0) is 75.2 Å². The highest BCUT2D eigenvalue weighted by Gasteiger charge is 2.31. The van der Waals surface area contributed by atoms with E-state index in [1.807, 2.05) is 31.2 Å². The summed E-state index contributed by atoms with van der Waals surface area (Å²) in [7, 11) is 0. The van der Waals surface area contributed by atoms with Crippen molar-refractivity contribution in [2.75, 3.05) is 19.7 Å². The Balaban J connectivity index is 1.68. The quantitative estimate of drug-likeness (QED) is 0.685. The number of Topliss-reactive ketones (excluding diaryl/α,β-unsaturated/α-hetero) is 1. The zero-order valence-corrected chi connectivity index (χ0v) is 16.0. The van der Waals surface area contributed by atoms with Gasteiger partial charge in [0.2, 0.25) is 0 Å². The van der Waals surface area contributed by atoms with Gasteiger partial charge in [0.05, 0.1) is 6.04 Å². The predicted molar refractivity (Wildman–Crippen MR) is 107 cm³/mol. The molecule has 1 heterocycles. The van der Waals surface area contributed by atoms with Gasteiger partial charge in [0, 0.05) is 5.56 Å². The van der Waals surface area contributed by atoms with Crippen molar-refractivity contribution in [1.29, 1.82) is 0 Å². The molecule has 0 saturated carbocycles. The topological polar surface area (TPSA) is 87.7 Å². The van der Waals surface area contributed by atoms with Crippen molar-refractivity contribution < 1.29 is 19.4 Å². The van der Waals surface area contributed by atoms with Crippen molar-refractivity contribution in [2.45, 2.75) is 25.8 Å². The number of phenolic OH excluding ortho intramolecular Hbond substituents is 1. The van der Waals surface area contributed by atoms with Gasteiger partial charge < -0.3 is 20.5 Å². The van der Waals surface area contributed by atoms with Crippen molar-refractivity contribution >= 4 is 11.7 Å². The predicted octanol–water partition coefficient (Wildman–Crippen LogP) is 2.45. The van der Waals surface area contributed by atoms with Crippen molar-refractivity contribution in [3.05, 3.63) is 59.7 Å². The Hall–Kier alpha value is -2.86. The molecule has 3 rings (SSSR count). The van der Waals surface area contributed by atoms with Gasteiger partial charge >= 0.3 is 0 Å². The van der Waals surface area contributed by atoms with Crippen LogP contribution in [0.3, 0.4) is 0 Å². The molecule has 1 atom stereocenters. The number of ether oxygens (including phenoxy) is 1. The number of carbonyl (C=O) groups is 2. The third kappa shape index (κ3) is 5.33. The molecular formula is C22H26N2O4. The van der Waals surface area contributed by atoms with Crippen LogP contribution in [0.25, 0.3) is 0 Å². The number of aromatic hydroxyl groups is 1. The second-order valence-corrected chi connectivity index (χ2v) is 7.15. The number of hydrogen-bond donors (Lipinski definition) is 3. The molecule has 1 unspecified atom stereocenters. The molecule has 1 saturated heterocycles. The smallest absolute Gasteiger partial charge is 0.251 e. The summed E-state index contributed by atoms with van der Waals surface area (Å²) < 4.78 is 5.65. The minimum atomic E-state index is -0.603. The molecule has 148 valence electrons. The van der Waals surface area contributed by atoms with Gasteiger partial charge in [0.25, 0.3) is 5.91 Å². The van der Waals surface area contributed by atoms with Crippen molar-refractivity contribution in [1.82, 2.24) is 10.6 Å². The summed E-state index contributed by atoms with van der Waals surface area (Å²) in [6.07, 6.45) is 1.63. The number of carbonyl (C=O) groups excluding carboxylic acids is 2. The number of ketones is 1. The van der Waals surface area contributed by atoms with E-state index < -0.39 is 6.04 Å². The van der Waals surface area contributed by atoms with Gasteiger partial charge in [-0.3, -0.25) is 9.59 Å². The maximum atomic E-state index is 12.9. The van der Waals surface area contributed by atoms with Crippen molar-refractivity contribution in [3.8, 4) is 11.5 Å². The molecule has 1 aliphatic heterocycles. The monoisotopic (exact) mass is 382 g/mol. The lowest BCUT2D eigenvalue weighted by Gasteiger charge is -2.30. The highest BCUT2D eigenvalue weighted by molar-refractivity contribution is 5.98. The standard InChI is InChI=1S/C22H26N2O4/c1-15-2-8-19(9-3-15)28-14-20(26)21(16-10-12-23-13-11-16)24-22(27)17-4-6-18(25)7-5-17/h2-9,16,21,23,25H,10-14H2,1H3,(H,24,27). The molecule has 0 spiro atoms. The average molecular weight is 382 g/mol. The molecule has 6 heteroatoms. The van der Waals surface area contributed by atoms with E-state index in [0.717, 1.165) is 31.5 Å². The number of aryl methyl sites for hydroxylation is 1. The van der Waals surface area contributed by atoms with Gasteiger partial charge in [-0.1, -0.05) is 17.7 Å². The SMILES string of the molecule is Cc1ccc(OCC(=O)C(NC(=O)c2ccc(O)cc2)C2CCNCC2)cc1. The molecule has 0 bridgehead atoms. The summed E-state index contributed by atoms with van der Waals surface area (Å²) in [5.74, 6) is 0.324. The largest absolute Gasteiger partial charge is 0.508 e. The van der Waals surface area contributed by atoms with E-state index in [-0.39, 0.29) is 30.0 Å². The summed E-state index contributed by atoms with van der Waals surface area (Å²) >= 11 is 0. The Labute approximate surface area is 164 Å². The van der Waals surface area contributed by atoms with Crippen LogP contribution in [0.2, 0.25) is 0 Å². The van der Waals surface area contributed by atoms with E-state index in [1.54, 1.807) is 0 Å². The van der Waals surface area contributed by atoms with E-state index in [1.165, 1.54) is 24.3 Å². The maximum absolute atomic E-state index is 12.9. The summed E-state index contributed by atoms with van der Waals surface area (Å²) in [6, 6.07) is 12.9. The molecule has 1 fully saturated rings. The lowest BCUT2D eigenvalue weighted by Crippen LogP contribution is -2.50. The molecule has 28 heavy (non-hydrogen) atoms. The average Bonchev–Trinajstić information content (AvgIpc) is 2.72. The van der Waals surface area contributed by atoms with Gasteiger partial charge in [-0.2, -0.15) is 0 Å². The fourth-order valence-corrected chi connectivity index (χ4v) is 3.35. The van der Waals surface area contributed by atoms with Crippen LogP contribution >= 0.6 is 0 Å². The number of benzene rings is 2. The van der Waals surface area contributed by atoms with Crippen LogP contribution in [0.1, 0.15) is 28.8 Å². The molecule has 2 aromatic carbocycles. The number of phenols is 1. The highest BCUT2D eigenvalue weighted by Crippen LogP contribution is 2.19. The Morgan fingerprint density at radius 2 is 1.75 bits per heavy atom. The number of amides is 1. The minimum absolute atomic E-state index is 0.0661. The number of rotatable bonds is 7. The molecule has 2 aromatic rings. The molecule has 0 aliphatic carbocycles. The molecule has 1 amide bonds. The Morgan fingerprint density at radius 3 is 2.39 bits per heavy atom.